The number of nitrogens with zero attached hydrogens (tertiary/aromatic N) is 1. The van der Waals surface area contributed by atoms with E-state index in [0.29, 0.717) is 35.5 Å². The Hall–Kier alpha value is -1.31. The SMILES string of the molecule is CCCC1(CCC)C2=CCC3C(CCC4(C)[C@H]3CCC43OCCO3)C2(C)CC(C#N)=C1O. The number of hydrogen-bond donors (Lipinski definition) is 1. The van der Waals surface area contributed by atoms with Crippen LogP contribution in [0.3, 0.4) is 0 Å². The molecule has 4 heteroatoms. The van der Waals surface area contributed by atoms with E-state index in [4.69, 9.17) is 9.47 Å². The van der Waals surface area contributed by atoms with Crippen molar-refractivity contribution in [3.05, 3.63) is 23.0 Å². The Kier molecular flexibility index (Phi) is 5.34. The first kappa shape index (κ1) is 22.5. The van der Waals surface area contributed by atoms with Crippen molar-refractivity contribution in [3.63, 3.8) is 0 Å². The lowest BCUT2D eigenvalue weighted by molar-refractivity contribution is -0.242. The van der Waals surface area contributed by atoms with E-state index in [0.717, 1.165) is 64.6 Å². The minimum atomic E-state index is -0.371. The minimum absolute atomic E-state index is 0.0426. The number of aliphatic hydroxyl groups is 1. The molecule has 32 heavy (non-hydrogen) atoms. The van der Waals surface area contributed by atoms with Crippen LogP contribution in [-0.2, 0) is 9.47 Å². The minimum Gasteiger partial charge on any atom is -0.510 e. The molecule has 4 nitrogen and oxygen atoms in total. The Bertz CT molecular complexity index is 870. The molecule has 0 amide bonds. The lowest BCUT2D eigenvalue weighted by atomic mass is 9.44. The molecule has 2 saturated carbocycles. The molecule has 0 bridgehead atoms. The smallest absolute Gasteiger partial charge is 0.174 e. The highest BCUT2D eigenvalue weighted by atomic mass is 16.7. The van der Waals surface area contributed by atoms with Crippen molar-refractivity contribution in [2.45, 2.75) is 97.7 Å². The van der Waals surface area contributed by atoms with Gasteiger partial charge in [-0.3, -0.25) is 0 Å². The van der Waals surface area contributed by atoms with E-state index in [1.165, 1.54) is 12.0 Å². The van der Waals surface area contributed by atoms with Gasteiger partial charge in [0, 0.05) is 17.3 Å². The summed E-state index contributed by atoms with van der Waals surface area (Å²) in [7, 11) is 0. The second kappa shape index (κ2) is 7.60. The number of fused-ring (bicyclic) bond motifs is 6. The summed E-state index contributed by atoms with van der Waals surface area (Å²) in [5, 5.41) is 21.4. The Morgan fingerprint density at radius 3 is 2.34 bits per heavy atom. The Balaban J connectivity index is 1.58. The second-order valence-electron chi connectivity index (χ2n) is 11.8. The molecule has 4 aliphatic carbocycles. The number of aliphatic hydroxyl groups excluding tert-OH is 1. The lowest BCUT2D eigenvalue weighted by Gasteiger charge is -2.61. The summed E-state index contributed by atoms with van der Waals surface area (Å²) < 4.78 is 12.6. The van der Waals surface area contributed by atoms with Gasteiger partial charge < -0.3 is 14.6 Å². The molecular weight excluding hydrogens is 398 g/mol. The van der Waals surface area contributed by atoms with Crippen molar-refractivity contribution in [1.82, 2.24) is 0 Å². The van der Waals surface area contributed by atoms with E-state index in [-0.39, 0.29) is 22.0 Å². The van der Waals surface area contributed by atoms with Crippen molar-refractivity contribution in [3.8, 4) is 6.07 Å². The molecule has 176 valence electrons. The maximum absolute atomic E-state index is 11.4. The van der Waals surface area contributed by atoms with Gasteiger partial charge in [0.25, 0.3) is 0 Å². The van der Waals surface area contributed by atoms with Gasteiger partial charge in [0.2, 0.25) is 0 Å². The highest BCUT2D eigenvalue weighted by molar-refractivity contribution is 5.46. The van der Waals surface area contributed by atoms with Crippen molar-refractivity contribution < 1.29 is 14.6 Å². The lowest BCUT2D eigenvalue weighted by Crippen LogP contribution is -2.56. The average molecular weight is 440 g/mol. The van der Waals surface area contributed by atoms with Crippen LogP contribution >= 0.6 is 0 Å². The van der Waals surface area contributed by atoms with Crippen molar-refractivity contribution in [2.24, 2.45) is 34.0 Å². The van der Waals surface area contributed by atoms with Gasteiger partial charge in [-0.25, -0.2) is 0 Å². The summed E-state index contributed by atoms with van der Waals surface area (Å²) >= 11 is 0. The van der Waals surface area contributed by atoms with Gasteiger partial charge in [-0.05, 0) is 68.1 Å². The zero-order chi connectivity index (χ0) is 22.8. The molecule has 0 aromatic heterocycles. The third kappa shape index (κ3) is 2.67. The van der Waals surface area contributed by atoms with Crippen LogP contribution in [0.4, 0.5) is 0 Å². The molecule has 0 aromatic rings. The molecule has 4 unspecified atom stereocenters. The first-order valence-electron chi connectivity index (χ1n) is 13.1. The molecule has 5 aliphatic rings. The number of nitriles is 1. The molecule has 1 saturated heterocycles. The first-order chi connectivity index (χ1) is 15.3. The first-order valence-corrected chi connectivity index (χ1v) is 13.1. The fourth-order valence-electron chi connectivity index (χ4n) is 9.39. The topological polar surface area (TPSA) is 62.5 Å². The van der Waals surface area contributed by atoms with Gasteiger partial charge in [0.15, 0.2) is 5.79 Å². The van der Waals surface area contributed by atoms with Crippen LogP contribution in [0.15, 0.2) is 23.0 Å². The standard InChI is InChI=1S/C28H41NO3/c1-5-11-27(12-6-2)23-8-7-20-21(25(23,3)17-19(18-29)24(27)30)9-13-26(4)22(20)10-14-28(26)31-15-16-32-28/h8,20-22,30H,5-7,9-17H2,1-4H3/t20?,21?,22-,25?,26?/m0/s1. The zero-order valence-corrected chi connectivity index (χ0v) is 20.5. The normalized spacial score (nSPS) is 41.6. The number of hydrogen-bond acceptors (Lipinski definition) is 4. The van der Waals surface area contributed by atoms with Gasteiger partial charge in [0.05, 0.1) is 24.9 Å². The number of ether oxygens (including phenoxy) is 2. The van der Waals surface area contributed by atoms with Crippen molar-refractivity contribution >= 4 is 0 Å². The maximum atomic E-state index is 11.4. The van der Waals surface area contributed by atoms with Crippen LogP contribution in [0.1, 0.15) is 91.9 Å². The van der Waals surface area contributed by atoms with Gasteiger partial charge in [0.1, 0.15) is 5.76 Å². The summed E-state index contributed by atoms with van der Waals surface area (Å²) in [6.45, 7) is 10.7. The molecular formula is C28H41NO3. The summed E-state index contributed by atoms with van der Waals surface area (Å²) in [5.41, 5.74) is 1.80. The molecule has 3 fully saturated rings. The summed E-state index contributed by atoms with van der Waals surface area (Å²) in [6.07, 6.45) is 12.7. The van der Waals surface area contributed by atoms with Crippen molar-refractivity contribution in [1.29, 1.82) is 5.26 Å². The number of rotatable bonds is 4. The Morgan fingerprint density at radius 2 is 1.72 bits per heavy atom. The molecule has 1 aliphatic heterocycles. The molecule has 5 atom stereocenters. The molecule has 5 rings (SSSR count). The Labute approximate surface area is 194 Å². The van der Waals surface area contributed by atoms with Crippen LogP contribution in [0.5, 0.6) is 0 Å². The molecule has 1 spiro atoms. The maximum Gasteiger partial charge on any atom is 0.174 e. The summed E-state index contributed by atoms with van der Waals surface area (Å²) in [5.74, 6) is 1.78. The van der Waals surface area contributed by atoms with Crippen LogP contribution in [-0.4, -0.2) is 24.1 Å². The van der Waals surface area contributed by atoms with E-state index in [1.807, 2.05) is 0 Å². The summed E-state index contributed by atoms with van der Waals surface area (Å²) in [6, 6.07) is 2.43. The predicted octanol–water partition coefficient (Wildman–Crippen LogP) is 6.83. The second-order valence-corrected chi connectivity index (χ2v) is 11.8. The highest BCUT2D eigenvalue weighted by Crippen LogP contribution is 2.71. The quantitative estimate of drug-likeness (QED) is 0.487. The fraction of sp³-hybridized carbons (Fsp3) is 0.821. The number of allylic oxidation sites excluding steroid dienone is 3. The van der Waals surface area contributed by atoms with E-state index in [9.17, 15) is 10.4 Å². The van der Waals surface area contributed by atoms with Gasteiger partial charge in [-0.15, -0.1) is 0 Å². The van der Waals surface area contributed by atoms with Crippen molar-refractivity contribution in [2.75, 3.05) is 13.2 Å². The zero-order valence-electron chi connectivity index (χ0n) is 20.5. The van der Waals surface area contributed by atoms with Gasteiger partial charge in [-0.2, -0.15) is 5.26 Å². The predicted molar refractivity (Wildman–Crippen MR) is 125 cm³/mol. The van der Waals surface area contributed by atoms with Gasteiger partial charge >= 0.3 is 0 Å². The van der Waals surface area contributed by atoms with Crippen LogP contribution in [0, 0.1) is 45.3 Å². The molecule has 1 N–H and O–H groups in total. The Morgan fingerprint density at radius 1 is 1.06 bits per heavy atom. The van der Waals surface area contributed by atoms with Crippen LogP contribution in [0.2, 0.25) is 0 Å². The average Bonchev–Trinajstić information content (AvgIpc) is 3.37. The van der Waals surface area contributed by atoms with E-state index in [1.54, 1.807) is 0 Å². The highest BCUT2D eigenvalue weighted by Gasteiger charge is 2.67. The third-order valence-corrected chi connectivity index (χ3v) is 10.6. The van der Waals surface area contributed by atoms with Crippen LogP contribution in [0.25, 0.3) is 0 Å². The largest absolute Gasteiger partial charge is 0.510 e. The van der Waals surface area contributed by atoms with E-state index < -0.39 is 0 Å². The molecule has 0 aromatic carbocycles. The van der Waals surface area contributed by atoms with E-state index in [2.05, 4.69) is 39.8 Å². The molecule has 0 radical (unpaired) electrons. The third-order valence-electron chi connectivity index (χ3n) is 10.6. The van der Waals surface area contributed by atoms with Crippen LogP contribution < -0.4 is 0 Å². The summed E-state index contributed by atoms with van der Waals surface area (Å²) in [4.78, 5) is 0. The molecule has 1 heterocycles. The van der Waals surface area contributed by atoms with Gasteiger partial charge in [-0.1, -0.05) is 52.2 Å². The fourth-order valence-corrected chi connectivity index (χ4v) is 9.39. The monoisotopic (exact) mass is 439 g/mol. The van der Waals surface area contributed by atoms with E-state index >= 15 is 0 Å².